The minimum Gasteiger partial charge on any atom is -0.497 e. The molecule has 0 amide bonds. The fourth-order valence-electron chi connectivity index (χ4n) is 3.03. The Labute approximate surface area is 175 Å². The van der Waals surface area contributed by atoms with E-state index in [1.54, 1.807) is 26.0 Å². The molecule has 1 saturated heterocycles. The molecule has 2 atom stereocenters. The Kier molecular flexibility index (Phi) is 7.98. The zero-order valence-electron chi connectivity index (χ0n) is 16.3. The highest BCUT2D eigenvalue weighted by Gasteiger charge is 2.33. The van der Waals surface area contributed by atoms with Crippen molar-refractivity contribution in [1.82, 2.24) is 0 Å². The van der Waals surface area contributed by atoms with Crippen molar-refractivity contribution < 1.29 is 19.0 Å². The van der Waals surface area contributed by atoms with Crippen LogP contribution in [0.3, 0.4) is 0 Å². The average molecular weight is 419 g/mol. The van der Waals surface area contributed by atoms with Crippen molar-refractivity contribution >= 4 is 29.5 Å². The number of ether oxygens (including phenoxy) is 3. The SMILES string of the molecule is COc1ccc(CSCC2CC(CSCc3ccc(OC)cc3)C(=O)O2)cc1. The van der Waals surface area contributed by atoms with E-state index in [2.05, 4.69) is 24.3 Å². The van der Waals surface area contributed by atoms with Crippen LogP contribution in [-0.2, 0) is 21.0 Å². The number of rotatable bonds is 10. The Bertz CT molecular complexity index is 746. The summed E-state index contributed by atoms with van der Waals surface area (Å²) in [6.07, 6.45) is 0.853. The van der Waals surface area contributed by atoms with Gasteiger partial charge in [-0.3, -0.25) is 4.79 Å². The number of cyclic esters (lactones) is 1. The Hall–Kier alpha value is -1.79. The molecule has 0 radical (unpaired) electrons. The first-order chi connectivity index (χ1) is 13.7. The Morgan fingerprint density at radius 2 is 1.36 bits per heavy atom. The Morgan fingerprint density at radius 1 is 0.857 bits per heavy atom. The fraction of sp³-hybridized carbons (Fsp3) is 0.409. The molecule has 0 aromatic heterocycles. The summed E-state index contributed by atoms with van der Waals surface area (Å²) in [5.74, 6) is 5.16. The van der Waals surface area contributed by atoms with E-state index in [9.17, 15) is 4.79 Å². The second kappa shape index (κ2) is 10.7. The third kappa shape index (κ3) is 6.11. The van der Waals surface area contributed by atoms with Gasteiger partial charge < -0.3 is 14.2 Å². The van der Waals surface area contributed by atoms with E-state index in [0.717, 1.165) is 40.9 Å². The molecule has 3 rings (SSSR count). The average Bonchev–Trinajstić information content (AvgIpc) is 3.08. The van der Waals surface area contributed by atoms with E-state index < -0.39 is 0 Å². The predicted octanol–water partition coefficient (Wildman–Crippen LogP) is 4.80. The Balaban J connectivity index is 1.35. The van der Waals surface area contributed by atoms with Crippen molar-refractivity contribution in [3.05, 3.63) is 59.7 Å². The molecule has 0 aliphatic carbocycles. The van der Waals surface area contributed by atoms with Crippen molar-refractivity contribution in [2.75, 3.05) is 25.7 Å². The summed E-state index contributed by atoms with van der Waals surface area (Å²) in [4.78, 5) is 12.1. The minimum absolute atomic E-state index is 0.00911. The highest BCUT2D eigenvalue weighted by atomic mass is 32.2. The van der Waals surface area contributed by atoms with Crippen molar-refractivity contribution in [3.8, 4) is 11.5 Å². The molecule has 0 spiro atoms. The lowest BCUT2D eigenvalue weighted by Crippen LogP contribution is -2.10. The first-order valence-electron chi connectivity index (χ1n) is 9.29. The molecule has 150 valence electrons. The lowest BCUT2D eigenvalue weighted by Gasteiger charge is -2.09. The number of thioether (sulfide) groups is 2. The summed E-state index contributed by atoms with van der Waals surface area (Å²) in [7, 11) is 3.34. The van der Waals surface area contributed by atoms with Gasteiger partial charge in [-0.15, -0.1) is 0 Å². The van der Waals surface area contributed by atoms with Crippen LogP contribution in [0, 0.1) is 5.92 Å². The van der Waals surface area contributed by atoms with E-state index >= 15 is 0 Å². The summed E-state index contributed by atoms with van der Waals surface area (Å²) >= 11 is 3.60. The number of benzene rings is 2. The summed E-state index contributed by atoms with van der Waals surface area (Å²) in [6, 6.07) is 16.2. The van der Waals surface area contributed by atoms with Crippen LogP contribution in [-0.4, -0.2) is 37.8 Å². The zero-order chi connectivity index (χ0) is 19.8. The van der Waals surface area contributed by atoms with Crippen LogP contribution in [0.5, 0.6) is 11.5 Å². The number of methoxy groups -OCH3 is 2. The normalized spacial score (nSPS) is 18.7. The summed E-state index contributed by atoms with van der Waals surface area (Å²) in [5.41, 5.74) is 2.49. The van der Waals surface area contributed by atoms with Crippen LogP contribution in [0.25, 0.3) is 0 Å². The molecule has 0 bridgehead atoms. The minimum atomic E-state index is -0.0442. The summed E-state index contributed by atoms with van der Waals surface area (Å²) in [6.45, 7) is 0. The van der Waals surface area contributed by atoms with Crippen LogP contribution in [0.15, 0.2) is 48.5 Å². The van der Waals surface area contributed by atoms with Crippen LogP contribution in [0.2, 0.25) is 0 Å². The third-order valence-electron chi connectivity index (χ3n) is 4.64. The number of hydrogen-bond donors (Lipinski definition) is 0. The van der Waals surface area contributed by atoms with Crippen LogP contribution >= 0.6 is 23.5 Å². The molecular formula is C22H26O4S2. The molecule has 4 nitrogen and oxygen atoms in total. The monoisotopic (exact) mass is 418 g/mol. The molecule has 1 aliphatic heterocycles. The summed E-state index contributed by atoms with van der Waals surface area (Å²) in [5, 5.41) is 0. The maximum Gasteiger partial charge on any atom is 0.310 e. The standard InChI is InChI=1S/C22H26O4S2/c1-24-19-7-3-16(4-8-19)12-27-14-18-11-21(26-22(18)23)15-28-13-17-5-9-20(25-2)10-6-17/h3-10,18,21H,11-15H2,1-2H3. The third-order valence-corrected chi connectivity index (χ3v) is 6.96. The lowest BCUT2D eigenvalue weighted by molar-refractivity contribution is -0.143. The maximum atomic E-state index is 12.1. The number of esters is 1. The van der Waals surface area contributed by atoms with Gasteiger partial charge in [-0.2, -0.15) is 23.5 Å². The second-order valence-corrected chi connectivity index (χ2v) is 8.78. The van der Waals surface area contributed by atoms with Crippen LogP contribution in [0.1, 0.15) is 17.5 Å². The van der Waals surface area contributed by atoms with Gasteiger partial charge in [0, 0.05) is 23.0 Å². The topological polar surface area (TPSA) is 44.8 Å². The highest BCUT2D eigenvalue weighted by Crippen LogP contribution is 2.29. The molecule has 2 unspecified atom stereocenters. The highest BCUT2D eigenvalue weighted by molar-refractivity contribution is 7.98. The van der Waals surface area contributed by atoms with E-state index in [1.807, 2.05) is 36.0 Å². The van der Waals surface area contributed by atoms with Gasteiger partial charge in [0.15, 0.2) is 0 Å². The van der Waals surface area contributed by atoms with Gasteiger partial charge in [-0.25, -0.2) is 0 Å². The quantitative estimate of drug-likeness (QED) is 0.516. The first kappa shape index (κ1) is 20.9. The molecule has 2 aromatic carbocycles. The van der Waals surface area contributed by atoms with E-state index in [-0.39, 0.29) is 18.0 Å². The van der Waals surface area contributed by atoms with Gasteiger partial charge in [0.05, 0.1) is 20.1 Å². The summed E-state index contributed by atoms with van der Waals surface area (Å²) < 4.78 is 15.9. The molecule has 28 heavy (non-hydrogen) atoms. The second-order valence-electron chi connectivity index (χ2n) is 6.72. The maximum absolute atomic E-state index is 12.1. The van der Waals surface area contributed by atoms with E-state index in [1.165, 1.54) is 11.1 Å². The van der Waals surface area contributed by atoms with Crippen molar-refractivity contribution in [2.45, 2.75) is 24.0 Å². The number of hydrogen-bond acceptors (Lipinski definition) is 6. The van der Waals surface area contributed by atoms with Crippen LogP contribution < -0.4 is 9.47 Å². The zero-order valence-corrected chi connectivity index (χ0v) is 17.9. The van der Waals surface area contributed by atoms with Gasteiger partial charge in [0.25, 0.3) is 0 Å². The number of carbonyl (C=O) groups is 1. The molecule has 0 N–H and O–H groups in total. The lowest BCUT2D eigenvalue weighted by atomic mass is 10.1. The Morgan fingerprint density at radius 3 is 1.86 bits per heavy atom. The smallest absolute Gasteiger partial charge is 0.310 e. The molecule has 1 fully saturated rings. The molecule has 1 aliphatic rings. The van der Waals surface area contributed by atoms with Gasteiger partial charge in [-0.1, -0.05) is 24.3 Å². The predicted molar refractivity (Wildman–Crippen MR) is 116 cm³/mol. The largest absolute Gasteiger partial charge is 0.497 e. The molecule has 1 heterocycles. The van der Waals surface area contributed by atoms with Crippen LogP contribution in [0.4, 0.5) is 0 Å². The van der Waals surface area contributed by atoms with Crippen molar-refractivity contribution in [1.29, 1.82) is 0 Å². The number of carbonyl (C=O) groups excluding carboxylic acids is 1. The van der Waals surface area contributed by atoms with E-state index in [0.29, 0.717) is 0 Å². The van der Waals surface area contributed by atoms with Gasteiger partial charge in [0.1, 0.15) is 17.6 Å². The molecule has 2 aromatic rings. The molecule has 6 heteroatoms. The van der Waals surface area contributed by atoms with E-state index in [4.69, 9.17) is 14.2 Å². The van der Waals surface area contributed by atoms with Gasteiger partial charge in [0.2, 0.25) is 0 Å². The van der Waals surface area contributed by atoms with Gasteiger partial charge in [-0.05, 0) is 41.8 Å². The fourth-order valence-corrected chi connectivity index (χ4v) is 5.15. The van der Waals surface area contributed by atoms with Gasteiger partial charge >= 0.3 is 5.97 Å². The van der Waals surface area contributed by atoms with Crippen molar-refractivity contribution in [3.63, 3.8) is 0 Å². The van der Waals surface area contributed by atoms with Crippen molar-refractivity contribution in [2.24, 2.45) is 5.92 Å². The molecule has 0 saturated carbocycles. The molecular weight excluding hydrogens is 392 g/mol. The first-order valence-corrected chi connectivity index (χ1v) is 11.6.